The van der Waals surface area contributed by atoms with Gasteiger partial charge in [-0.1, -0.05) is 0 Å². The van der Waals surface area contributed by atoms with E-state index >= 15 is 0 Å². The number of amides is 1. The summed E-state index contributed by atoms with van der Waals surface area (Å²) in [6.45, 7) is 1.88. The molecular formula is C18H17FN2O2. The molecule has 0 saturated heterocycles. The van der Waals surface area contributed by atoms with Gasteiger partial charge in [0.1, 0.15) is 11.6 Å². The Hall–Kier alpha value is -2.82. The minimum Gasteiger partial charge on any atom is -0.497 e. The number of aryl methyl sites for hydroxylation is 1. The van der Waals surface area contributed by atoms with Crippen LogP contribution in [0.15, 0.2) is 42.5 Å². The summed E-state index contributed by atoms with van der Waals surface area (Å²) >= 11 is 0. The van der Waals surface area contributed by atoms with E-state index in [4.69, 9.17) is 4.74 Å². The van der Waals surface area contributed by atoms with Gasteiger partial charge in [-0.15, -0.1) is 0 Å². The van der Waals surface area contributed by atoms with Crippen molar-refractivity contribution >= 4 is 22.5 Å². The van der Waals surface area contributed by atoms with Crippen molar-refractivity contribution in [2.24, 2.45) is 0 Å². The van der Waals surface area contributed by atoms with Crippen molar-refractivity contribution in [3.8, 4) is 5.75 Å². The zero-order chi connectivity index (χ0) is 16.4. The van der Waals surface area contributed by atoms with E-state index in [1.807, 2.05) is 6.92 Å². The summed E-state index contributed by atoms with van der Waals surface area (Å²) in [5, 5.41) is 3.58. The van der Waals surface area contributed by atoms with Gasteiger partial charge in [-0.05, 0) is 55.0 Å². The topological polar surface area (TPSA) is 54.1 Å². The first-order chi connectivity index (χ1) is 11.1. The number of fused-ring (bicyclic) bond motifs is 1. The SMILES string of the molecule is COc1ccc(NC(=O)Cc2c(C)[nH]c3ccc(F)cc23)cc1. The van der Waals surface area contributed by atoms with Gasteiger partial charge in [0.15, 0.2) is 0 Å². The molecule has 23 heavy (non-hydrogen) atoms. The van der Waals surface area contributed by atoms with E-state index in [1.54, 1.807) is 37.4 Å². The van der Waals surface area contributed by atoms with Crippen LogP contribution < -0.4 is 10.1 Å². The number of aromatic amines is 1. The number of benzene rings is 2. The van der Waals surface area contributed by atoms with Crippen LogP contribution in [0.3, 0.4) is 0 Å². The predicted octanol–water partition coefficient (Wildman–Crippen LogP) is 3.81. The Morgan fingerprint density at radius 1 is 1.22 bits per heavy atom. The molecule has 0 radical (unpaired) electrons. The molecule has 0 aliphatic carbocycles. The van der Waals surface area contributed by atoms with Crippen LogP contribution in [0.1, 0.15) is 11.3 Å². The molecule has 0 spiro atoms. The molecule has 0 saturated carbocycles. The lowest BCUT2D eigenvalue weighted by Gasteiger charge is -2.07. The van der Waals surface area contributed by atoms with Crippen molar-refractivity contribution in [2.75, 3.05) is 12.4 Å². The second-order valence-corrected chi connectivity index (χ2v) is 5.37. The molecule has 3 rings (SSSR count). The summed E-state index contributed by atoms with van der Waals surface area (Å²) in [6.07, 6.45) is 0.182. The summed E-state index contributed by atoms with van der Waals surface area (Å²) in [5.74, 6) is 0.266. The molecule has 0 fully saturated rings. The zero-order valence-electron chi connectivity index (χ0n) is 12.9. The van der Waals surface area contributed by atoms with E-state index in [9.17, 15) is 9.18 Å². The summed E-state index contributed by atoms with van der Waals surface area (Å²) < 4.78 is 18.5. The van der Waals surface area contributed by atoms with Crippen molar-refractivity contribution < 1.29 is 13.9 Å². The first-order valence-electron chi connectivity index (χ1n) is 7.27. The third kappa shape index (κ3) is 3.18. The minimum absolute atomic E-state index is 0.150. The maximum atomic E-state index is 13.5. The molecule has 2 aromatic carbocycles. The molecule has 0 bridgehead atoms. The number of hydrogen-bond acceptors (Lipinski definition) is 2. The van der Waals surface area contributed by atoms with Crippen LogP contribution >= 0.6 is 0 Å². The Kier molecular flexibility index (Phi) is 4.02. The van der Waals surface area contributed by atoms with Crippen LogP contribution in [0, 0.1) is 12.7 Å². The molecule has 5 heteroatoms. The Morgan fingerprint density at radius 3 is 2.65 bits per heavy atom. The lowest BCUT2D eigenvalue weighted by molar-refractivity contribution is -0.115. The highest BCUT2D eigenvalue weighted by molar-refractivity contribution is 5.96. The second kappa shape index (κ2) is 6.12. The number of carbonyl (C=O) groups is 1. The summed E-state index contributed by atoms with van der Waals surface area (Å²) in [4.78, 5) is 15.4. The smallest absolute Gasteiger partial charge is 0.228 e. The van der Waals surface area contributed by atoms with Gasteiger partial charge in [0.25, 0.3) is 0 Å². The van der Waals surface area contributed by atoms with Gasteiger partial charge in [0.2, 0.25) is 5.91 Å². The predicted molar refractivity (Wildman–Crippen MR) is 88.3 cm³/mol. The number of anilines is 1. The van der Waals surface area contributed by atoms with Gasteiger partial charge in [0, 0.05) is 22.3 Å². The van der Waals surface area contributed by atoms with E-state index < -0.39 is 0 Å². The van der Waals surface area contributed by atoms with E-state index in [1.165, 1.54) is 12.1 Å². The number of carbonyl (C=O) groups excluding carboxylic acids is 1. The fourth-order valence-corrected chi connectivity index (χ4v) is 2.62. The number of ether oxygens (including phenoxy) is 1. The lowest BCUT2D eigenvalue weighted by atomic mass is 10.1. The summed E-state index contributed by atoms with van der Waals surface area (Å²) in [5.41, 5.74) is 3.21. The van der Waals surface area contributed by atoms with Gasteiger partial charge in [-0.3, -0.25) is 4.79 Å². The van der Waals surface area contributed by atoms with Crippen molar-refractivity contribution in [1.82, 2.24) is 4.98 Å². The molecule has 1 aromatic heterocycles. The van der Waals surface area contributed by atoms with Gasteiger partial charge in [-0.25, -0.2) is 4.39 Å². The van der Waals surface area contributed by atoms with Crippen LogP contribution in [0.4, 0.5) is 10.1 Å². The van der Waals surface area contributed by atoms with E-state index in [0.717, 1.165) is 27.9 Å². The third-order valence-electron chi connectivity index (χ3n) is 3.79. The van der Waals surface area contributed by atoms with Crippen LogP contribution in [0.5, 0.6) is 5.75 Å². The first kappa shape index (κ1) is 15.1. The highest BCUT2D eigenvalue weighted by Gasteiger charge is 2.13. The zero-order valence-corrected chi connectivity index (χ0v) is 12.9. The van der Waals surface area contributed by atoms with Crippen molar-refractivity contribution in [2.45, 2.75) is 13.3 Å². The Morgan fingerprint density at radius 2 is 1.96 bits per heavy atom. The van der Waals surface area contributed by atoms with Crippen LogP contribution in [-0.4, -0.2) is 18.0 Å². The Balaban J connectivity index is 1.79. The second-order valence-electron chi connectivity index (χ2n) is 5.37. The third-order valence-corrected chi connectivity index (χ3v) is 3.79. The maximum Gasteiger partial charge on any atom is 0.228 e. The number of halogens is 1. The van der Waals surface area contributed by atoms with Gasteiger partial charge in [-0.2, -0.15) is 0 Å². The summed E-state index contributed by atoms with van der Waals surface area (Å²) in [6, 6.07) is 11.7. The van der Waals surface area contributed by atoms with E-state index in [-0.39, 0.29) is 18.1 Å². The Labute approximate surface area is 133 Å². The number of H-pyrrole nitrogens is 1. The largest absolute Gasteiger partial charge is 0.497 e. The number of aromatic nitrogens is 1. The average molecular weight is 312 g/mol. The average Bonchev–Trinajstić information content (AvgIpc) is 2.84. The quantitative estimate of drug-likeness (QED) is 0.770. The van der Waals surface area contributed by atoms with Crippen molar-refractivity contribution in [3.05, 3.63) is 59.5 Å². The molecule has 1 heterocycles. The molecule has 0 aliphatic heterocycles. The van der Waals surface area contributed by atoms with Gasteiger partial charge >= 0.3 is 0 Å². The number of methoxy groups -OCH3 is 1. The van der Waals surface area contributed by atoms with Crippen LogP contribution in [0.25, 0.3) is 10.9 Å². The van der Waals surface area contributed by atoms with Crippen LogP contribution in [-0.2, 0) is 11.2 Å². The monoisotopic (exact) mass is 312 g/mol. The van der Waals surface area contributed by atoms with E-state index in [2.05, 4.69) is 10.3 Å². The molecule has 0 aliphatic rings. The molecule has 1 amide bonds. The fraction of sp³-hybridized carbons (Fsp3) is 0.167. The van der Waals surface area contributed by atoms with Gasteiger partial charge < -0.3 is 15.0 Å². The molecule has 0 unspecified atom stereocenters. The molecule has 3 aromatic rings. The first-order valence-corrected chi connectivity index (χ1v) is 7.27. The van der Waals surface area contributed by atoms with Crippen LogP contribution in [0.2, 0.25) is 0 Å². The number of hydrogen-bond donors (Lipinski definition) is 2. The highest BCUT2D eigenvalue weighted by atomic mass is 19.1. The van der Waals surface area contributed by atoms with E-state index in [0.29, 0.717) is 5.69 Å². The Bertz CT molecular complexity index is 853. The molecule has 2 N–H and O–H groups in total. The van der Waals surface area contributed by atoms with Gasteiger partial charge in [0.05, 0.1) is 13.5 Å². The maximum absolute atomic E-state index is 13.5. The van der Waals surface area contributed by atoms with Crippen molar-refractivity contribution in [3.63, 3.8) is 0 Å². The highest BCUT2D eigenvalue weighted by Crippen LogP contribution is 2.24. The molecule has 0 atom stereocenters. The lowest BCUT2D eigenvalue weighted by Crippen LogP contribution is -2.14. The molecule has 118 valence electrons. The normalized spacial score (nSPS) is 10.7. The molecular weight excluding hydrogens is 295 g/mol. The number of rotatable bonds is 4. The minimum atomic E-state index is -0.312. The summed E-state index contributed by atoms with van der Waals surface area (Å²) in [7, 11) is 1.59. The number of nitrogens with one attached hydrogen (secondary N) is 2. The standard InChI is InChI=1S/C18H17FN2O2/c1-11-15(16-9-12(19)3-8-17(16)20-11)10-18(22)21-13-4-6-14(23-2)7-5-13/h3-9,20H,10H2,1-2H3,(H,21,22). The fourth-order valence-electron chi connectivity index (χ4n) is 2.62. The van der Waals surface area contributed by atoms with Crippen molar-refractivity contribution in [1.29, 1.82) is 0 Å². The molecule has 4 nitrogen and oxygen atoms in total.